The minimum Gasteiger partial charge on any atom is -0.480 e. The van der Waals surface area contributed by atoms with E-state index in [1.165, 1.54) is 12.0 Å². The number of carboxylic acid groups (broad SMARTS) is 1. The van der Waals surface area contributed by atoms with E-state index in [4.69, 9.17) is 0 Å². The fourth-order valence-corrected chi connectivity index (χ4v) is 3.58. The standard InChI is InChI=1S/C20H29NO4/c22-19(14-8-7-11-16-9-3-1-4-10-16)21(25)18(20(23)24)15-17-12-5-2-6-13-17/h1,3-4,9-10,17-18,25H,2,5-8,11-15H2,(H,23,24)/t18-/m0/s1. The summed E-state index contributed by atoms with van der Waals surface area (Å²) in [6.07, 6.45) is 8.27. The normalized spacial score (nSPS) is 16.4. The van der Waals surface area contributed by atoms with E-state index in [-0.39, 0.29) is 12.3 Å². The van der Waals surface area contributed by atoms with Crippen LogP contribution >= 0.6 is 0 Å². The predicted molar refractivity (Wildman–Crippen MR) is 95.2 cm³/mol. The molecule has 2 N–H and O–H groups in total. The van der Waals surface area contributed by atoms with E-state index in [1.54, 1.807) is 0 Å². The van der Waals surface area contributed by atoms with Gasteiger partial charge in [-0.2, -0.15) is 0 Å². The van der Waals surface area contributed by atoms with Gasteiger partial charge in [0.15, 0.2) is 6.04 Å². The third kappa shape index (κ3) is 6.50. The first-order valence-electron chi connectivity index (χ1n) is 9.35. The molecule has 25 heavy (non-hydrogen) atoms. The number of carboxylic acids is 1. The molecule has 138 valence electrons. The number of carbonyl (C=O) groups is 2. The maximum Gasteiger partial charge on any atom is 0.329 e. The molecular formula is C20H29NO4. The smallest absolute Gasteiger partial charge is 0.329 e. The molecule has 1 amide bonds. The number of hydroxylamine groups is 2. The Balaban J connectivity index is 1.76. The molecule has 1 aromatic rings. The molecule has 1 aliphatic rings. The quantitative estimate of drug-likeness (QED) is 0.401. The van der Waals surface area contributed by atoms with Gasteiger partial charge in [0.2, 0.25) is 5.91 Å². The van der Waals surface area contributed by atoms with Crippen molar-refractivity contribution in [1.29, 1.82) is 0 Å². The van der Waals surface area contributed by atoms with E-state index in [2.05, 4.69) is 0 Å². The summed E-state index contributed by atoms with van der Waals surface area (Å²) in [5.41, 5.74) is 1.22. The van der Waals surface area contributed by atoms with Crippen LogP contribution in [-0.4, -0.2) is 33.3 Å². The van der Waals surface area contributed by atoms with Crippen molar-refractivity contribution in [2.24, 2.45) is 5.92 Å². The van der Waals surface area contributed by atoms with E-state index in [0.29, 0.717) is 17.9 Å². The molecule has 0 heterocycles. The summed E-state index contributed by atoms with van der Waals surface area (Å²) >= 11 is 0. The number of carbonyl (C=O) groups excluding carboxylic acids is 1. The molecule has 5 heteroatoms. The molecular weight excluding hydrogens is 318 g/mol. The van der Waals surface area contributed by atoms with Gasteiger partial charge in [-0.25, -0.2) is 9.86 Å². The minimum absolute atomic E-state index is 0.178. The Morgan fingerprint density at radius 3 is 2.40 bits per heavy atom. The van der Waals surface area contributed by atoms with Gasteiger partial charge in [0.05, 0.1) is 0 Å². The van der Waals surface area contributed by atoms with Gasteiger partial charge < -0.3 is 5.11 Å². The van der Waals surface area contributed by atoms with Crippen molar-refractivity contribution in [3.05, 3.63) is 35.9 Å². The number of aryl methyl sites for hydroxylation is 1. The molecule has 0 aliphatic heterocycles. The highest BCUT2D eigenvalue weighted by Crippen LogP contribution is 2.28. The van der Waals surface area contributed by atoms with Crippen molar-refractivity contribution in [3.8, 4) is 0 Å². The predicted octanol–water partition coefficient (Wildman–Crippen LogP) is 4.04. The van der Waals surface area contributed by atoms with Gasteiger partial charge in [0, 0.05) is 6.42 Å². The van der Waals surface area contributed by atoms with Crippen molar-refractivity contribution >= 4 is 11.9 Å². The fourth-order valence-electron chi connectivity index (χ4n) is 3.58. The number of aliphatic carboxylic acids is 1. The first-order valence-corrected chi connectivity index (χ1v) is 9.35. The van der Waals surface area contributed by atoms with Crippen molar-refractivity contribution in [2.75, 3.05) is 0 Å². The lowest BCUT2D eigenvalue weighted by molar-refractivity contribution is -0.188. The average molecular weight is 347 g/mol. The van der Waals surface area contributed by atoms with Crippen LogP contribution < -0.4 is 0 Å². The lowest BCUT2D eigenvalue weighted by atomic mass is 9.84. The molecule has 2 rings (SSSR count). The van der Waals surface area contributed by atoms with Gasteiger partial charge in [-0.3, -0.25) is 10.0 Å². The Labute approximate surface area is 149 Å². The van der Waals surface area contributed by atoms with Crippen LogP contribution in [0, 0.1) is 5.92 Å². The molecule has 0 spiro atoms. The molecule has 5 nitrogen and oxygen atoms in total. The summed E-state index contributed by atoms with van der Waals surface area (Å²) < 4.78 is 0. The van der Waals surface area contributed by atoms with Crippen LogP contribution in [0.15, 0.2) is 30.3 Å². The summed E-state index contributed by atoms with van der Waals surface area (Å²) in [4.78, 5) is 23.6. The highest BCUT2D eigenvalue weighted by molar-refractivity contribution is 5.82. The number of unbranched alkanes of at least 4 members (excludes halogenated alkanes) is 1. The second kappa shape index (κ2) is 10.2. The zero-order chi connectivity index (χ0) is 18.1. The van der Waals surface area contributed by atoms with Crippen molar-refractivity contribution in [2.45, 2.75) is 70.3 Å². The molecule has 0 unspecified atom stereocenters. The monoisotopic (exact) mass is 347 g/mol. The van der Waals surface area contributed by atoms with Gasteiger partial charge in [0.25, 0.3) is 0 Å². The molecule has 0 saturated heterocycles. The SMILES string of the molecule is O=C(O)[C@H](CC1CCCCC1)N(O)C(=O)CCCCc1ccccc1. The van der Waals surface area contributed by atoms with Gasteiger partial charge in [-0.15, -0.1) is 0 Å². The van der Waals surface area contributed by atoms with Crippen LogP contribution in [0.2, 0.25) is 0 Å². The van der Waals surface area contributed by atoms with E-state index in [9.17, 15) is 19.9 Å². The van der Waals surface area contributed by atoms with E-state index in [1.807, 2.05) is 30.3 Å². The molecule has 1 fully saturated rings. The Hall–Kier alpha value is -1.88. The highest BCUT2D eigenvalue weighted by Gasteiger charge is 2.31. The number of nitrogens with zero attached hydrogens (tertiary/aromatic N) is 1. The summed E-state index contributed by atoms with van der Waals surface area (Å²) in [5.74, 6) is -1.32. The van der Waals surface area contributed by atoms with Crippen molar-refractivity contribution < 1.29 is 19.9 Å². The average Bonchev–Trinajstić information content (AvgIpc) is 2.64. The number of hydrogen-bond donors (Lipinski definition) is 2. The number of amides is 1. The zero-order valence-corrected chi connectivity index (χ0v) is 14.8. The Bertz CT molecular complexity index is 540. The van der Waals surface area contributed by atoms with Crippen LogP contribution in [-0.2, 0) is 16.0 Å². The van der Waals surface area contributed by atoms with Gasteiger partial charge in [-0.05, 0) is 37.2 Å². The van der Waals surface area contributed by atoms with Crippen molar-refractivity contribution in [1.82, 2.24) is 5.06 Å². The molecule has 0 bridgehead atoms. The number of hydrogen-bond acceptors (Lipinski definition) is 3. The van der Waals surface area contributed by atoms with Crippen molar-refractivity contribution in [3.63, 3.8) is 0 Å². The first-order chi connectivity index (χ1) is 12.1. The molecule has 0 radical (unpaired) electrons. The topological polar surface area (TPSA) is 77.8 Å². The maximum absolute atomic E-state index is 12.2. The Morgan fingerprint density at radius 2 is 1.76 bits per heavy atom. The Morgan fingerprint density at radius 1 is 1.08 bits per heavy atom. The number of rotatable bonds is 9. The van der Waals surface area contributed by atoms with E-state index >= 15 is 0 Å². The second-order valence-corrected chi connectivity index (χ2v) is 7.02. The molecule has 1 aliphatic carbocycles. The highest BCUT2D eigenvalue weighted by atomic mass is 16.5. The summed E-state index contributed by atoms with van der Waals surface area (Å²) in [6, 6.07) is 8.91. The van der Waals surface area contributed by atoms with Crippen LogP contribution in [0.3, 0.4) is 0 Å². The van der Waals surface area contributed by atoms with Gasteiger partial charge in [0.1, 0.15) is 0 Å². The van der Waals surface area contributed by atoms with Gasteiger partial charge in [-0.1, -0.05) is 62.4 Å². The van der Waals surface area contributed by atoms with Crippen LogP contribution in [0.4, 0.5) is 0 Å². The fraction of sp³-hybridized carbons (Fsp3) is 0.600. The van der Waals surface area contributed by atoms with E-state index < -0.39 is 17.9 Å². The van der Waals surface area contributed by atoms with Crippen LogP contribution in [0.1, 0.15) is 63.4 Å². The van der Waals surface area contributed by atoms with Crippen LogP contribution in [0.5, 0.6) is 0 Å². The van der Waals surface area contributed by atoms with Gasteiger partial charge >= 0.3 is 5.97 Å². The number of benzene rings is 1. The molecule has 1 saturated carbocycles. The zero-order valence-electron chi connectivity index (χ0n) is 14.8. The second-order valence-electron chi connectivity index (χ2n) is 7.02. The molecule has 1 atom stereocenters. The summed E-state index contributed by atoms with van der Waals surface area (Å²) in [6.45, 7) is 0. The summed E-state index contributed by atoms with van der Waals surface area (Å²) in [5, 5.41) is 20.0. The molecule has 1 aromatic carbocycles. The molecule has 0 aromatic heterocycles. The first kappa shape index (κ1) is 19.4. The third-order valence-electron chi connectivity index (χ3n) is 5.07. The lowest BCUT2D eigenvalue weighted by Gasteiger charge is -2.28. The Kier molecular flexibility index (Phi) is 7.92. The minimum atomic E-state index is -1.12. The maximum atomic E-state index is 12.2. The lowest BCUT2D eigenvalue weighted by Crippen LogP contribution is -2.44. The van der Waals surface area contributed by atoms with Crippen LogP contribution in [0.25, 0.3) is 0 Å². The summed E-state index contributed by atoms with van der Waals surface area (Å²) in [7, 11) is 0. The largest absolute Gasteiger partial charge is 0.480 e. The third-order valence-corrected chi connectivity index (χ3v) is 5.07. The van der Waals surface area contributed by atoms with E-state index in [0.717, 1.165) is 38.5 Å².